The van der Waals surface area contributed by atoms with Gasteiger partial charge in [-0.2, -0.15) is 5.10 Å². The van der Waals surface area contributed by atoms with E-state index in [1.807, 2.05) is 0 Å². The molecule has 0 saturated carbocycles. The maximum atomic E-state index is 13.8. The van der Waals surface area contributed by atoms with E-state index in [1.165, 1.54) is 18.3 Å². The molecule has 0 aliphatic carbocycles. The number of carbonyl (C=O) groups is 1. The summed E-state index contributed by atoms with van der Waals surface area (Å²) in [6.07, 6.45) is 1.29. The van der Waals surface area contributed by atoms with E-state index in [4.69, 9.17) is 0 Å². The number of carbonyl (C=O) groups excluding carboxylic acids is 1. The van der Waals surface area contributed by atoms with E-state index in [0.717, 1.165) is 12.1 Å². The first kappa shape index (κ1) is 15.8. The Morgan fingerprint density at radius 1 is 1.12 bits per heavy atom. The van der Waals surface area contributed by atoms with Gasteiger partial charge in [0, 0.05) is 0 Å². The summed E-state index contributed by atoms with van der Waals surface area (Å²) in [6.45, 7) is 0. The lowest BCUT2D eigenvalue weighted by atomic mass is 10.2. The van der Waals surface area contributed by atoms with Crippen molar-refractivity contribution in [2.24, 2.45) is 0 Å². The first-order valence-electron chi connectivity index (χ1n) is 7.51. The van der Waals surface area contributed by atoms with Crippen LogP contribution < -0.4 is 5.32 Å². The SMILES string of the molecule is O=C(Nc1cn[nH]c1-c1nc2c(O)cccc2[nH]1)c1c(F)cccc1F. The van der Waals surface area contributed by atoms with Gasteiger partial charge in [0.15, 0.2) is 5.82 Å². The number of phenolic OH excluding ortho intramolecular Hbond substituents is 1. The number of anilines is 1. The highest BCUT2D eigenvalue weighted by Gasteiger charge is 2.20. The minimum atomic E-state index is -0.971. The molecular weight excluding hydrogens is 344 g/mol. The van der Waals surface area contributed by atoms with E-state index in [-0.39, 0.29) is 11.4 Å². The van der Waals surface area contributed by atoms with Crippen molar-refractivity contribution in [1.29, 1.82) is 0 Å². The summed E-state index contributed by atoms with van der Waals surface area (Å²) in [5, 5.41) is 18.7. The Hall–Kier alpha value is -3.75. The van der Waals surface area contributed by atoms with Gasteiger partial charge >= 0.3 is 0 Å². The van der Waals surface area contributed by atoms with Crippen LogP contribution in [-0.4, -0.2) is 31.2 Å². The summed E-state index contributed by atoms with van der Waals surface area (Å²) >= 11 is 0. The second-order valence-electron chi connectivity index (χ2n) is 5.47. The zero-order chi connectivity index (χ0) is 18.3. The number of hydrogen-bond acceptors (Lipinski definition) is 4. The summed E-state index contributed by atoms with van der Waals surface area (Å²) in [6, 6.07) is 8.02. The van der Waals surface area contributed by atoms with Gasteiger partial charge in [-0.05, 0) is 24.3 Å². The van der Waals surface area contributed by atoms with E-state index in [1.54, 1.807) is 12.1 Å². The average Bonchev–Trinajstić information content (AvgIpc) is 3.21. The number of halogens is 2. The third kappa shape index (κ3) is 2.55. The van der Waals surface area contributed by atoms with Crippen LogP contribution in [0.1, 0.15) is 10.4 Å². The van der Waals surface area contributed by atoms with Crippen molar-refractivity contribution >= 4 is 22.6 Å². The molecule has 0 aliphatic rings. The van der Waals surface area contributed by atoms with E-state index < -0.39 is 23.1 Å². The summed E-state index contributed by atoms with van der Waals surface area (Å²) in [7, 11) is 0. The molecule has 7 nitrogen and oxygen atoms in total. The standard InChI is InChI=1S/C17H11F2N5O2/c18-8-3-1-4-9(19)13(8)17(26)22-11-7-20-24-15(11)16-21-10-5-2-6-12(25)14(10)23-16/h1-7,25H,(H,20,24)(H,21,23)(H,22,26). The molecule has 0 unspecified atom stereocenters. The van der Waals surface area contributed by atoms with Crippen LogP contribution >= 0.6 is 0 Å². The molecule has 0 saturated heterocycles. The van der Waals surface area contributed by atoms with Crippen molar-refractivity contribution in [3.8, 4) is 17.3 Å². The van der Waals surface area contributed by atoms with Crippen molar-refractivity contribution in [3.05, 3.63) is 59.8 Å². The second kappa shape index (κ2) is 5.96. The third-order valence-electron chi connectivity index (χ3n) is 3.81. The number of aromatic hydroxyl groups is 1. The van der Waals surface area contributed by atoms with Crippen LogP contribution in [-0.2, 0) is 0 Å². The van der Waals surface area contributed by atoms with Gasteiger partial charge in [-0.1, -0.05) is 12.1 Å². The van der Waals surface area contributed by atoms with E-state index in [2.05, 4.69) is 25.5 Å². The van der Waals surface area contributed by atoms with Crippen LogP contribution in [0.3, 0.4) is 0 Å². The van der Waals surface area contributed by atoms with Crippen molar-refractivity contribution in [1.82, 2.24) is 20.2 Å². The van der Waals surface area contributed by atoms with Crippen molar-refractivity contribution in [3.63, 3.8) is 0 Å². The number of aromatic amines is 2. The Bertz CT molecular complexity index is 1120. The Kier molecular flexibility index (Phi) is 3.61. The van der Waals surface area contributed by atoms with Gasteiger partial charge in [-0.15, -0.1) is 0 Å². The monoisotopic (exact) mass is 355 g/mol. The summed E-state index contributed by atoms with van der Waals surface area (Å²) in [5.74, 6) is -2.61. The first-order chi connectivity index (χ1) is 12.5. The Morgan fingerprint density at radius 2 is 1.85 bits per heavy atom. The van der Waals surface area contributed by atoms with Crippen LogP contribution in [0.5, 0.6) is 5.75 Å². The second-order valence-corrected chi connectivity index (χ2v) is 5.47. The Morgan fingerprint density at radius 3 is 2.58 bits per heavy atom. The topological polar surface area (TPSA) is 107 Å². The largest absolute Gasteiger partial charge is 0.506 e. The van der Waals surface area contributed by atoms with E-state index >= 15 is 0 Å². The van der Waals surface area contributed by atoms with E-state index in [0.29, 0.717) is 22.6 Å². The summed E-state index contributed by atoms with van der Waals surface area (Å²) in [4.78, 5) is 19.5. The molecule has 0 bridgehead atoms. The lowest BCUT2D eigenvalue weighted by Gasteiger charge is -2.06. The highest BCUT2D eigenvalue weighted by Crippen LogP contribution is 2.29. The molecule has 26 heavy (non-hydrogen) atoms. The van der Waals surface area contributed by atoms with Crippen LogP contribution in [0, 0.1) is 11.6 Å². The molecule has 0 fully saturated rings. The molecule has 2 aromatic heterocycles. The fourth-order valence-corrected chi connectivity index (χ4v) is 2.60. The molecular formula is C17H11F2N5O2. The molecule has 4 rings (SSSR count). The lowest BCUT2D eigenvalue weighted by Crippen LogP contribution is -2.16. The predicted molar refractivity (Wildman–Crippen MR) is 89.7 cm³/mol. The van der Waals surface area contributed by atoms with Gasteiger partial charge in [-0.3, -0.25) is 9.89 Å². The van der Waals surface area contributed by atoms with Crippen molar-refractivity contribution in [2.75, 3.05) is 5.32 Å². The van der Waals surface area contributed by atoms with Crippen LogP contribution in [0.15, 0.2) is 42.6 Å². The van der Waals surface area contributed by atoms with Crippen LogP contribution in [0.4, 0.5) is 14.5 Å². The van der Waals surface area contributed by atoms with Gasteiger partial charge in [0.2, 0.25) is 0 Å². The molecule has 0 spiro atoms. The fourth-order valence-electron chi connectivity index (χ4n) is 2.60. The average molecular weight is 355 g/mol. The molecule has 0 aliphatic heterocycles. The Balaban J connectivity index is 1.71. The zero-order valence-corrected chi connectivity index (χ0v) is 13.0. The van der Waals surface area contributed by atoms with Crippen molar-refractivity contribution < 1.29 is 18.7 Å². The van der Waals surface area contributed by atoms with Gasteiger partial charge in [0.1, 0.15) is 34.2 Å². The van der Waals surface area contributed by atoms with Gasteiger partial charge in [0.25, 0.3) is 5.91 Å². The zero-order valence-electron chi connectivity index (χ0n) is 13.0. The molecule has 0 atom stereocenters. The van der Waals surface area contributed by atoms with Crippen LogP contribution in [0.2, 0.25) is 0 Å². The maximum Gasteiger partial charge on any atom is 0.261 e. The molecule has 130 valence electrons. The van der Waals surface area contributed by atoms with E-state index in [9.17, 15) is 18.7 Å². The molecule has 2 aromatic carbocycles. The number of amides is 1. The summed E-state index contributed by atoms with van der Waals surface area (Å²) < 4.78 is 27.5. The number of benzene rings is 2. The minimum Gasteiger partial charge on any atom is -0.506 e. The highest BCUT2D eigenvalue weighted by molar-refractivity contribution is 6.06. The number of phenols is 1. The molecule has 1 amide bonds. The normalized spacial score (nSPS) is 11.0. The number of imidazole rings is 1. The quantitative estimate of drug-likeness (QED) is 0.453. The molecule has 4 N–H and O–H groups in total. The number of rotatable bonds is 3. The summed E-state index contributed by atoms with van der Waals surface area (Å²) in [5.41, 5.74) is 0.699. The van der Waals surface area contributed by atoms with Crippen LogP contribution in [0.25, 0.3) is 22.6 Å². The molecule has 0 radical (unpaired) electrons. The molecule has 4 aromatic rings. The maximum absolute atomic E-state index is 13.8. The van der Waals surface area contributed by atoms with Gasteiger partial charge in [0.05, 0.1) is 17.4 Å². The van der Waals surface area contributed by atoms with Crippen molar-refractivity contribution in [2.45, 2.75) is 0 Å². The fraction of sp³-hybridized carbons (Fsp3) is 0. The first-order valence-corrected chi connectivity index (χ1v) is 7.51. The smallest absolute Gasteiger partial charge is 0.261 e. The number of hydrogen-bond donors (Lipinski definition) is 4. The third-order valence-corrected chi connectivity index (χ3v) is 3.81. The Labute approximate surface area is 144 Å². The number of aromatic nitrogens is 4. The van der Waals surface area contributed by atoms with Gasteiger partial charge in [-0.25, -0.2) is 13.8 Å². The number of nitrogens with one attached hydrogen (secondary N) is 3. The number of fused-ring (bicyclic) bond motifs is 1. The number of H-pyrrole nitrogens is 2. The predicted octanol–water partition coefficient (Wildman–Crippen LogP) is 3.19. The number of para-hydroxylation sites is 1. The van der Waals surface area contributed by atoms with Gasteiger partial charge < -0.3 is 15.4 Å². The minimum absolute atomic E-state index is 0.0106. The lowest BCUT2D eigenvalue weighted by molar-refractivity contribution is 0.101. The molecule has 2 heterocycles. The number of nitrogens with zero attached hydrogens (tertiary/aromatic N) is 2. The molecule has 9 heteroatoms. The highest BCUT2D eigenvalue weighted by atomic mass is 19.1.